The summed E-state index contributed by atoms with van der Waals surface area (Å²) >= 11 is 1.64. The third kappa shape index (κ3) is 3.76. The van der Waals surface area contributed by atoms with E-state index < -0.39 is 6.04 Å². The second-order valence-electron chi connectivity index (χ2n) is 5.76. The minimum atomic E-state index is -0.434. The third-order valence-corrected chi connectivity index (χ3v) is 4.76. The van der Waals surface area contributed by atoms with Gasteiger partial charge in [0.25, 0.3) is 0 Å². The molecule has 120 valence electrons. The zero-order valence-electron chi connectivity index (χ0n) is 12.9. The number of hydrogen-bond acceptors (Lipinski definition) is 4. The number of aryl methyl sites for hydroxylation is 1. The first-order chi connectivity index (χ1) is 11.1. The normalized spacial score (nSPS) is 18.5. The topological polar surface area (TPSA) is 71.1 Å². The van der Waals surface area contributed by atoms with Gasteiger partial charge in [0.1, 0.15) is 6.04 Å². The molecule has 1 aliphatic heterocycles. The number of thiophene rings is 1. The molecule has 0 aliphatic carbocycles. The Kier molecular flexibility index (Phi) is 4.71. The monoisotopic (exact) mass is 329 g/mol. The van der Waals surface area contributed by atoms with Crippen LogP contribution in [0.5, 0.6) is 0 Å². The predicted octanol–water partition coefficient (Wildman–Crippen LogP) is 2.13. The summed E-state index contributed by atoms with van der Waals surface area (Å²) < 4.78 is 0. The number of nitrogens with one attached hydrogen (secondary N) is 2. The van der Waals surface area contributed by atoms with Gasteiger partial charge in [-0.3, -0.25) is 14.6 Å². The van der Waals surface area contributed by atoms with Gasteiger partial charge in [0.15, 0.2) is 0 Å². The number of nitrogens with zero attached hydrogens (tertiary/aromatic N) is 1. The molecule has 1 fully saturated rings. The molecule has 0 bridgehead atoms. The average molecular weight is 329 g/mol. The van der Waals surface area contributed by atoms with Gasteiger partial charge in [0, 0.05) is 12.6 Å². The van der Waals surface area contributed by atoms with Crippen molar-refractivity contribution in [1.82, 2.24) is 15.6 Å². The Balaban J connectivity index is 1.79. The molecule has 0 aromatic carbocycles. The van der Waals surface area contributed by atoms with Crippen LogP contribution in [0.4, 0.5) is 0 Å². The van der Waals surface area contributed by atoms with E-state index in [2.05, 4.69) is 27.1 Å². The molecule has 6 heteroatoms. The molecule has 2 atom stereocenters. The van der Waals surface area contributed by atoms with Gasteiger partial charge in [0.2, 0.25) is 11.8 Å². The highest BCUT2D eigenvalue weighted by molar-refractivity contribution is 7.07. The van der Waals surface area contributed by atoms with Gasteiger partial charge >= 0.3 is 0 Å². The SMILES string of the molecule is Cc1cccnc1C(Cc1ccsc1)NC(=O)C1CCC(=O)N1. The molecule has 1 aliphatic rings. The maximum atomic E-state index is 12.5. The van der Waals surface area contributed by atoms with Crippen molar-refractivity contribution in [2.75, 3.05) is 0 Å². The van der Waals surface area contributed by atoms with Crippen LogP contribution in [0.15, 0.2) is 35.2 Å². The molecule has 5 nitrogen and oxygen atoms in total. The van der Waals surface area contributed by atoms with Crippen LogP contribution in [0.25, 0.3) is 0 Å². The third-order valence-electron chi connectivity index (χ3n) is 4.03. The summed E-state index contributed by atoms with van der Waals surface area (Å²) in [6.07, 6.45) is 3.40. The number of aromatic nitrogens is 1. The van der Waals surface area contributed by atoms with Gasteiger partial charge in [-0.2, -0.15) is 11.3 Å². The lowest BCUT2D eigenvalue weighted by Gasteiger charge is -2.21. The quantitative estimate of drug-likeness (QED) is 0.883. The number of pyridine rings is 1. The zero-order valence-corrected chi connectivity index (χ0v) is 13.7. The molecule has 3 heterocycles. The maximum Gasteiger partial charge on any atom is 0.243 e. The van der Waals surface area contributed by atoms with Crippen molar-refractivity contribution in [2.24, 2.45) is 0 Å². The fourth-order valence-corrected chi connectivity index (χ4v) is 3.49. The number of carbonyl (C=O) groups excluding carboxylic acids is 2. The molecule has 2 N–H and O–H groups in total. The lowest BCUT2D eigenvalue weighted by Crippen LogP contribution is -2.43. The van der Waals surface area contributed by atoms with E-state index in [4.69, 9.17) is 0 Å². The predicted molar refractivity (Wildman–Crippen MR) is 89.0 cm³/mol. The first-order valence-corrected chi connectivity index (χ1v) is 8.60. The standard InChI is InChI=1S/C17H19N3O2S/c1-11-3-2-7-18-16(11)14(9-12-6-8-23-10-12)20-17(22)13-4-5-15(21)19-13/h2-3,6-8,10,13-14H,4-5,9H2,1H3,(H,19,21)(H,20,22). The van der Waals surface area contributed by atoms with Gasteiger partial charge in [-0.25, -0.2) is 0 Å². The molecule has 3 rings (SSSR count). The van der Waals surface area contributed by atoms with Gasteiger partial charge < -0.3 is 10.6 Å². The summed E-state index contributed by atoms with van der Waals surface area (Å²) in [4.78, 5) is 28.2. The minimum Gasteiger partial charge on any atom is -0.346 e. The van der Waals surface area contributed by atoms with Crippen molar-refractivity contribution >= 4 is 23.2 Å². The van der Waals surface area contributed by atoms with Crippen LogP contribution in [0.1, 0.15) is 35.7 Å². The smallest absolute Gasteiger partial charge is 0.243 e. The van der Waals surface area contributed by atoms with Crippen LogP contribution in [0, 0.1) is 6.92 Å². The highest BCUT2D eigenvalue weighted by atomic mass is 32.1. The van der Waals surface area contributed by atoms with Crippen molar-refractivity contribution in [3.8, 4) is 0 Å². The lowest BCUT2D eigenvalue weighted by molar-refractivity contribution is -0.126. The molecular weight excluding hydrogens is 310 g/mol. The van der Waals surface area contributed by atoms with Gasteiger partial charge in [0.05, 0.1) is 11.7 Å². The maximum absolute atomic E-state index is 12.5. The van der Waals surface area contributed by atoms with Gasteiger partial charge in [-0.05, 0) is 53.8 Å². The number of amides is 2. The fourth-order valence-electron chi connectivity index (χ4n) is 2.81. The highest BCUT2D eigenvalue weighted by Crippen LogP contribution is 2.22. The molecule has 23 heavy (non-hydrogen) atoms. The van der Waals surface area contributed by atoms with E-state index in [9.17, 15) is 9.59 Å². The fraction of sp³-hybridized carbons (Fsp3) is 0.353. The van der Waals surface area contributed by atoms with Crippen molar-refractivity contribution in [3.05, 3.63) is 52.0 Å². The van der Waals surface area contributed by atoms with E-state index in [0.29, 0.717) is 19.3 Å². The molecule has 2 aromatic rings. The molecule has 1 saturated heterocycles. The summed E-state index contributed by atoms with van der Waals surface area (Å²) in [5.41, 5.74) is 3.08. The first-order valence-electron chi connectivity index (χ1n) is 7.66. The van der Waals surface area contributed by atoms with Crippen LogP contribution >= 0.6 is 11.3 Å². The molecule has 0 radical (unpaired) electrons. The minimum absolute atomic E-state index is 0.0615. The van der Waals surface area contributed by atoms with Crippen molar-refractivity contribution in [1.29, 1.82) is 0 Å². The molecule has 0 saturated carbocycles. The summed E-state index contributed by atoms with van der Waals surface area (Å²) in [6, 6.07) is 5.30. The highest BCUT2D eigenvalue weighted by Gasteiger charge is 2.29. The van der Waals surface area contributed by atoms with Crippen LogP contribution < -0.4 is 10.6 Å². The second kappa shape index (κ2) is 6.91. The Morgan fingerprint density at radius 3 is 3.04 bits per heavy atom. The molecule has 0 spiro atoms. The molecule has 2 aromatic heterocycles. The molecule has 2 amide bonds. The van der Waals surface area contributed by atoms with E-state index in [1.807, 2.05) is 24.4 Å². The summed E-state index contributed by atoms with van der Waals surface area (Å²) in [7, 11) is 0. The van der Waals surface area contributed by atoms with E-state index in [0.717, 1.165) is 11.3 Å². The van der Waals surface area contributed by atoms with Crippen LogP contribution in [0.2, 0.25) is 0 Å². The zero-order chi connectivity index (χ0) is 16.2. The first kappa shape index (κ1) is 15.7. The molecular formula is C17H19N3O2S. The van der Waals surface area contributed by atoms with Crippen molar-refractivity contribution < 1.29 is 9.59 Å². The largest absolute Gasteiger partial charge is 0.346 e. The summed E-state index contributed by atoms with van der Waals surface area (Å²) in [6.45, 7) is 1.99. The van der Waals surface area contributed by atoms with Crippen molar-refractivity contribution in [3.63, 3.8) is 0 Å². The Hall–Kier alpha value is -2.21. The van der Waals surface area contributed by atoms with E-state index in [1.54, 1.807) is 17.5 Å². The second-order valence-corrected chi connectivity index (χ2v) is 6.54. The summed E-state index contributed by atoms with van der Waals surface area (Å²) in [5, 5.41) is 9.88. The van der Waals surface area contributed by atoms with Gasteiger partial charge in [-0.1, -0.05) is 6.07 Å². The lowest BCUT2D eigenvalue weighted by atomic mass is 10.0. The number of carbonyl (C=O) groups is 2. The van der Waals surface area contributed by atoms with E-state index in [1.165, 1.54) is 5.56 Å². The van der Waals surface area contributed by atoms with Crippen molar-refractivity contribution in [2.45, 2.75) is 38.3 Å². The average Bonchev–Trinajstić information content (AvgIpc) is 3.18. The van der Waals surface area contributed by atoms with Crippen LogP contribution in [-0.4, -0.2) is 22.8 Å². The summed E-state index contributed by atoms with van der Waals surface area (Å²) in [5.74, 6) is -0.199. The van der Waals surface area contributed by atoms with Gasteiger partial charge in [-0.15, -0.1) is 0 Å². The van der Waals surface area contributed by atoms with Crippen LogP contribution in [-0.2, 0) is 16.0 Å². The Morgan fingerprint density at radius 1 is 1.52 bits per heavy atom. The van der Waals surface area contributed by atoms with E-state index in [-0.39, 0.29) is 17.9 Å². The Bertz CT molecular complexity index is 700. The molecule has 2 unspecified atom stereocenters. The Labute approximate surface area is 139 Å². The number of rotatable bonds is 5. The van der Waals surface area contributed by atoms with Crippen LogP contribution in [0.3, 0.4) is 0 Å². The number of hydrogen-bond donors (Lipinski definition) is 2. The Morgan fingerprint density at radius 2 is 2.39 bits per heavy atom. The van der Waals surface area contributed by atoms with E-state index >= 15 is 0 Å².